The van der Waals surface area contributed by atoms with Gasteiger partial charge in [0, 0.05) is 11.5 Å². The van der Waals surface area contributed by atoms with Gasteiger partial charge in [0.2, 0.25) is 5.13 Å². The Morgan fingerprint density at radius 2 is 1.83 bits per heavy atom. The largest absolute Gasteiger partial charge is 0.466 e. The van der Waals surface area contributed by atoms with E-state index in [0.29, 0.717) is 23.9 Å². The summed E-state index contributed by atoms with van der Waals surface area (Å²) < 4.78 is 8.75. The van der Waals surface area contributed by atoms with E-state index in [1.807, 2.05) is 27.7 Å². The molecule has 1 heterocycles. The molecule has 0 spiro atoms. The average molecular weight is 357 g/mol. The van der Waals surface area contributed by atoms with Crippen LogP contribution in [0.15, 0.2) is 0 Å². The summed E-state index contributed by atoms with van der Waals surface area (Å²) in [6.07, 6.45) is 1.11. The van der Waals surface area contributed by atoms with Gasteiger partial charge in [0.05, 0.1) is 19.2 Å². The Balaban J connectivity index is 2.70. The quantitative estimate of drug-likeness (QED) is 0.622. The van der Waals surface area contributed by atoms with Crippen molar-refractivity contribution in [1.29, 1.82) is 0 Å². The van der Waals surface area contributed by atoms with E-state index in [2.05, 4.69) is 20.0 Å². The van der Waals surface area contributed by atoms with Crippen molar-refractivity contribution in [2.45, 2.75) is 52.6 Å². The molecule has 0 saturated heterocycles. The van der Waals surface area contributed by atoms with E-state index in [1.165, 1.54) is 7.11 Å². The number of ketones is 1. The highest BCUT2D eigenvalue weighted by molar-refractivity contribution is 7.10. The fourth-order valence-electron chi connectivity index (χ4n) is 2.24. The van der Waals surface area contributed by atoms with E-state index < -0.39 is 18.1 Å². The third-order valence-electron chi connectivity index (χ3n) is 3.26. The van der Waals surface area contributed by atoms with Gasteiger partial charge in [0.1, 0.15) is 0 Å². The molecule has 1 aromatic heterocycles. The lowest BCUT2D eigenvalue weighted by Crippen LogP contribution is -2.50. The van der Waals surface area contributed by atoms with E-state index in [9.17, 15) is 9.59 Å². The summed E-state index contributed by atoms with van der Waals surface area (Å²) >= 11 is 0.999. The fourth-order valence-corrected chi connectivity index (χ4v) is 2.77. The van der Waals surface area contributed by atoms with Crippen molar-refractivity contribution in [2.75, 3.05) is 12.4 Å². The molecule has 0 fully saturated rings. The maximum atomic E-state index is 12.5. The van der Waals surface area contributed by atoms with Gasteiger partial charge in [-0.2, -0.15) is 4.98 Å². The van der Waals surface area contributed by atoms with Crippen LogP contribution in [0, 0.1) is 11.8 Å². The number of anilines is 1. The van der Waals surface area contributed by atoms with Gasteiger partial charge in [-0.05, 0) is 24.7 Å². The van der Waals surface area contributed by atoms with E-state index in [4.69, 9.17) is 10.5 Å². The third kappa shape index (κ3) is 6.79. The first kappa shape index (κ1) is 20.3. The van der Waals surface area contributed by atoms with Crippen LogP contribution in [0.5, 0.6) is 6.01 Å². The van der Waals surface area contributed by atoms with Crippen molar-refractivity contribution in [2.24, 2.45) is 17.6 Å². The minimum Gasteiger partial charge on any atom is -0.466 e. The van der Waals surface area contributed by atoms with Crippen LogP contribution in [0.1, 0.15) is 40.5 Å². The molecule has 4 N–H and O–H groups in total. The van der Waals surface area contributed by atoms with E-state index in [0.717, 1.165) is 11.5 Å². The number of nitrogens with one attached hydrogen (secondary N) is 2. The molecule has 1 aromatic rings. The van der Waals surface area contributed by atoms with Crippen molar-refractivity contribution < 1.29 is 14.3 Å². The van der Waals surface area contributed by atoms with Crippen LogP contribution in [0.3, 0.4) is 0 Å². The molecule has 2 atom stereocenters. The first-order valence-electron chi connectivity index (χ1n) is 7.97. The van der Waals surface area contributed by atoms with Gasteiger partial charge in [-0.25, -0.2) is 4.79 Å². The molecule has 2 amide bonds. The second-order valence-electron chi connectivity index (χ2n) is 6.51. The lowest BCUT2D eigenvalue weighted by Gasteiger charge is -2.23. The summed E-state index contributed by atoms with van der Waals surface area (Å²) in [6.45, 7) is 7.99. The number of Topliss-reactive ketones (excluding diaryl/α,β-unsaturated/α-hetero) is 1. The first-order chi connectivity index (χ1) is 11.2. The van der Waals surface area contributed by atoms with E-state index >= 15 is 0 Å². The molecular weight excluding hydrogens is 330 g/mol. The Hall–Kier alpha value is -1.74. The topological polar surface area (TPSA) is 119 Å². The molecule has 0 radical (unpaired) electrons. The Kier molecular flexibility index (Phi) is 8.06. The van der Waals surface area contributed by atoms with Crippen LogP contribution in [-0.4, -0.2) is 40.4 Å². The minimum absolute atomic E-state index is 0.151. The molecule has 0 aliphatic carbocycles. The molecule has 24 heavy (non-hydrogen) atoms. The van der Waals surface area contributed by atoms with Gasteiger partial charge in [-0.3, -0.25) is 10.1 Å². The van der Waals surface area contributed by atoms with Crippen LogP contribution in [-0.2, 0) is 4.79 Å². The number of methoxy groups -OCH3 is 1. The summed E-state index contributed by atoms with van der Waals surface area (Å²) in [5.41, 5.74) is 5.99. The molecule has 0 aromatic carbocycles. The van der Waals surface area contributed by atoms with Gasteiger partial charge >= 0.3 is 12.0 Å². The summed E-state index contributed by atoms with van der Waals surface area (Å²) in [7, 11) is 1.44. The molecule has 9 heteroatoms. The number of rotatable bonds is 9. The monoisotopic (exact) mass is 357 g/mol. The molecule has 8 nitrogen and oxygen atoms in total. The fraction of sp³-hybridized carbons (Fsp3) is 0.733. The standard InChI is InChI=1S/C15H27N5O3S/c1-8(2)6-10(16)12(21)11(7-9(3)4)17-13(22)18-15-19-14(23-5)20-24-15/h8-11H,6-7,16H2,1-5H3,(H2,17,18,19,20,22)/t10-,11?/m0/s1. The van der Waals surface area contributed by atoms with Crippen molar-refractivity contribution in [3.05, 3.63) is 0 Å². The number of ether oxygens (including phenoxy) is 1. The maximum absolute atomic E-state index is 12.5. The SMILES string of the molecule is COc1nsc(NC(=O)NC(CC(C)C)C(=O)[C@@H](N)CC(C)C)n1. The number of hydrogen-bond donors (Lipinski definition) is 3. The zero-order chi connectivity index (χ0) is 18.3. The minimum atomic E-state index is -0.631. The van der Waals surface area contributed by atoms with Gasteiger partial charge in [-0.15, -0.1) is 4.37 Å². The highest BCUT2D eigenvalue weighted by Crippen LogP contribution is 2.16. The van der Waals surface area contributed by atoms with Gasteiger partial charge in [0.15, 0.2) is 5.78 Å². The van der Waals surface area contributed by atoms with Crippen molar-refractivity contribution in [3.8, 4) is 6.01 Å². The number of carbonyl (C=O) groups excluding carboxylic acids is 2. The van der Waals surface area contributed by atoms with Crippen molar-refractivity contribution >= 4 is 28.5 Å². The number of aromatic nitrogens is 2. The molecular formula is C15H27N5O3S. The second kappa shape index (κ2) is 9.53. The smallest absolute Gasteiger partial charge is 0.329 e. The molecule has 0 bridgehead atoms. The van der Waals surface area contributed by atoms with Gasteiger partial charge in [-0.1, -0.05) is 27.7 Å². The zero-order valence-electron chi connectivity index (χ0n) is 14.8. The van der Waals surface area contributed by atoms with Gasteiger partial charge < -0.3 is 15.8 Å². The number of nitrogens with zero attached hydrogens (tertiary/aromatic N) is 2. The van der Waals surface area contributed by atoms with Crippen molar-refractivity contribution in [3.63, 3.8) is 0 Å². The van der Waals surface area contributed by atoms with Crippen LogP contribution >= 0.6 is 11.5 Å². The number of carbonyl (C=O) groups is 2. The van der Waals surface area contributed by atoms with Crippen LogP contribution in [0.25, 0.3) is 0 Å². The Morgan fingerprint density at radius 1 is 1.21 bits per heavy atom. The number of hydrogen-bond acceptors (Lipinski definition) is 7. The summed E-state index contributed by atoms with van der Waals surface area (Å²) in [6, 6.07) is -1.54. The maximum Gasteiger partial charge on any atom is 0.329 e. The average Bonchev–Trinajstić information content (AvgIpc) is 2.92. The normalized spacial score (nSPS) is 13.7. The number of urea groups is 1. The summed E-state index contributed by atoms with van der Waals surface area (Å²) in [5.74, 6) is 0.404. The van der Waals surface area contributed by atoms with Gasteiger partial charge in [0.25, 0.3) is 0 Å². The van der Waals surface area contributed by atoms with Crippen LogP contribution < -0.4 is 21.1 Å². The molecule has 1 unspecified atom stereocenters. The molecule has 1 rings (SSSR count). The highest BCUT2D eigenvalue weighted by atomic mass is 32.1. The van der Waals surface area contributed by atoms with Crippen LogP contribution in [0.4, 0.5) is 9.93 Å². The molecule has 0 saturated carbocycles. The highest BCUT2D eigenvalue weighted by Gasteiger charge is 2.27. The molecule has 0 aliphatic rings. The predicted molar refractivity (Wildman–Crippen MR) is 94.3 cm³/mol. The second-order valence-corrected chi connectivity index (χ2v) is 7.26. The Bertz CT molecular complexity index is 547. The summed E-state index contributed by atoms with van der Waals surface area (Å²) in [5, 5.41) is 5.55. The molecule has 0 aliphatic heterocycles. The van der Waals surface area contributed by atoms with Crippen LogP contribution in [0.2, 0.25) is 0 Å². The Morgan fingerprint density at radius 3 is 2.33 bits per heavy atom. The zero-order valence-corrected chi connectivity index (χ0v) is 15.6. The Labute approximate surface area is 146 Å². The van der Waals surface area contributed by atoms with E-state index in [-0.39, 0.29) is 17.7 Å². The number of amides is 2. The predicted octanol–water partition coefficient (Wildman–Crippen LogP) is 2.03. The van der Waals surface area contributed by atoms with Crippen molar-refractivity contribution in [1.82, 2.24) is 14.7 Å². The lowest BCUT2D eigenvalue weighted by molar-refractivity contribution is -0.122. The van der Waals surface area contributed by atoms with E-state index in [1.54, 1.807) is 0 Å². The third-order valence-corrected chi connectivity index (χ3v) is 3.87. The summed E-state index contributed by atoms with van der Waals surface area (Å²) in [4.78, 5) is 28.6. The molecule has 136 valence electrons. The lowest BCUT2D eigenvalue weighted by atomic mass is 9.92. The first-order valence-corrected chi connectivity index (χ1v) is 8.74. The number of nitrogens with two attached hydrogens (primary N) is 1.